The summed E-state index contributed by atoms with van der Waals surface area (Å²) in [5.74, 6) is 2.39. The Morgan fingerprint density at radius 3 is 2.60 bits per heavy atom. The number of rotatable bonds is 5. The normalized spacial score (nSPS) is 34.6. The zero-order valence-corrected chi connectivity index (χ0v) is 17.2. The van der Waals surface area contributed by atoms with Crippen molar-refractivity contribution >= 4 is 11.7 Å². The molecule has 25 heavy (non-hydrogen) atoms. The van der Waals surface area contributed by atoms with Crippen LogP contribution in [0.25, 0.3) is 0 Å². The summed E-state index contributed by atoms with van der Waals surface area (Å²) < 4.78 is 0. The molecule has 1 amide bonds. The fourth-order valence-electron chi connectivity index (χ4n) is 5.71. The molecule has 2 aliphatic rings. The zero-order chi connectivity index (χ0) is 19.0. The van der Waals surface area contributed by atoms with Gasteiger partial charge in [-0.25, -0.2) is 0 Å². The first kappa shape index (κ1) is 20.2. The van der Waals surface area contributed by atoms with Crippen molar-refractivity contribution in [2.75, 3.05) is 0 Å². The lowest BCUT2D eigenvalue weighted by Gasteiger charge is -2.53. The second-order valence-electron chi connectivity index (χ2n) is 9.63. The minimum absolute atomic E-state index is 0.0177. The number of nitrogens with one attached hydrogen (secondary N) is 1. The maximum Gasteiger partial charge on any atom is 0.220 e. The van der Waals surface area contributed by atoms with Crippen LogP contribution in [0.15, 0.2) is 11.8 Å². The highest BCUT2D eigenvalue weighted by Crippen LogP contribution is 2.60. The summed E-state index contributed by atoms with van der Waals surface area (Å²) >= 11 is 0. The summed E-state index contributed by atoms with van der Waals surface area (Å²) in [5, 5.41) is 2.91. The van der Waals surface area contributed by atoms with E-state index in [4.69, 9.17) is 0 Å². The molecule has 0 spiro atoms. The van der Waals surface area contributed by atoms with Gasteiger partial charge in [-0.05, 0) is 54.3 Å². The molecule has 3 heteroatoms. The summed E-state index contributed by atoms with van der Waals surface area (Å²) in [6.07, 6.45) is 7.27. The minimum Gasteiger partial charge on any atom is -0.331 e. The van der Waals surface area contributed by atoms with Gasteiger partial charge in [-0.3, -0.25) is 9.59 Å². The Kier molecular flexibility index (Phi) is 5.85. The lowest BCUT2D eigenvalue weighted by molar-refractivity contribution is -0.119. The number of carbonyl (C=O) groups excluding carboxylic acids is 2. The summed E-state index contributed by atoms with van der Waals surface area (Å²) in [4.78, 5) is 23.7. The lowest BCUT2D eigenvalue weighted by Crippen LogP contribution is -2.46. The van der Waals surface area contributed by atoms with Gasteiger partial charge in [0.2, 0.25) is 5.91 Å². The van der Waals surface area contributed by atoms with Crippen LogP contribution in [-0.4, -0.2) is 11.7 Å². The number of hydrogen-bond donors (Lipinski definition) is 1. The summed E-state index contributed by atoms with van der Waals surface area (Å²) in [6, 6.07) is 0. The van der Waals surface area contributed by atoms with E-state index in [1.54, 1.807) is 6.92 Å². The summed E-state index contributed by atoms with van der Waals surface area (Å²) in [5.41, 5.74) is 1.39. The van der Waals surface area contributed by atoms with Gasteiger partial charge in [-0.1, -0.05) is 47.1 Å². The average Bonchev–Trinajstić information content (AvgIpc) is 2.78. The van der Waals surface area contributed by atoms with E-state index in [1.807, 2.05) is 6.92 Å². The number of ketones is 1. The Morgan fingerprint density at radius 1 is 1.40 bits per heavy atom. The standard InChI is InChI=1S/C22H37NO2/c1-8-21(5,6)18-9-10-22(7)13-17(25)12-19(22)20(18)14(2)11-15(3)23-16(4)24/h11,14,18-20H,8-10,12-13H2,1-7H3,(H,23,24)/b15-11+/t14-,18?,19?,20?,22+/m0/s1. The number of allylic oxidation sites excluding steroid dienone is 2. The average molecular weight is 348 g/mol. The third kappa shape index (κ3) is 4.17. The van der Waals surface area contributed by atoms with Gasteiger partial charge in [0, 0.05) is 25.5 Å². The number of carbonyl (C=O) groups is 2. The van der Waals surface area contributed by atoms with Crippen molar-refractivity contribution in [1.29, 1.82) is 0 Å². The predicted octanol–water partition coefficient (Wildman–Crippen LogP) is 5.11. The first-order chi connectivity index (χ1) is 11.5. The fourth-order valence-corrected chi connectivity index (χ4v) is 5.71. The largest absolute Gasteiger partial charge is 0.331 e. The van der Waals surface area contributed by atoms with E-state index in [0.29, 0.717) is 29.5 Å². The second-order valence-corrected chi connectivity index (χ2v) is 9.63. The van der Waals surface area contributed by atoms with Gasteiger partial charge in [0.25, 0.3) is 0 Å². The molecule has 2 aliphatic carbocycles. The van der Waals surface area contributed by atoms with Crippen LogP contribution in [0.5, 0.6) is 0 Å². The number of amides is 1. The molecular formula is C22H37NO2. The molecule has 1 N–H and O–H groups in total. The van der Waals surface area contributed by atoms with Crippen LogP contribution in [0, 0.1) is 34.5 Å². The SMILES string of the molecule is CCC(C)(C)C1CC[C@]2(C)CC(=O)CC2C1[C@@H](C)/C=C(\C)NC(C)=O. The molecule has 2 rings (SSSR count). The molecule has 0 aromatic rings. The van der Waals surface area contributed by atoms with E-state index < -0.39 is 0 Å². The molecule has 3 unspecified atom stereocenters. The lowest BCUT2D eigenvalue weighted by atomic mass is 9.52. The summed E-state index contributed by atoms with van der Waals surface area (Å²) in [7, 11) is 0. The Balaban J connectivity index is 2.37. The van der Waals surface area contributed by atoms with E-state index in [2.05, 4.69) is 46.0 Å². The van der Waals surface area contributed by atoms with E-state index in [1.165, 1.54) is 12.8 Å². The van der Waals surface area contributed by atoms with Crippen LogP contribution in [0.1, 0.15) is 80.6 Å². The maximum absolute atomic E-state index is 12.3. The van der Waals surface area contributed by atoms with Gasteiger partial charge in [0.05, 0.1) is 0 Å². The number of Topliss-reactive ketones (excluding diaryl/α,β-unsaturated/α-hetero) is 1. The van der Waals surface area contributed by atoms with Crippen LogP contribution >= 0.6 is 0 Å². The van der Waals surface area contributed by atoms with E-state index >= 15 is 0 Å². The van der Waals surface area contributed by atoms with Gasteiger partial charge in [-0.15, -0.1) is 0 Å². The fraction of sp³-hybridized carbons (Fsp3) is 0.818. The molecule has 2 saturated carbocycles. The molecule has 2 fully saturated rings. The molecule has 0 bridgehead atoms. The topological polar surface area (TPSA) is 46.2 Å². The van der Waals surface area contributed by atoms with Crippen molar-refractivity contribution in [3.63, 3.8) is 0 Å². The molecular weight excluding hydrogens is 310 g/mol. The van der Waals surface area contributed by atoms with E-state index in [0.717, 1.165) is 25.0 Å². The van der Waals surface area contributed by atoms with Crippen molar-refractivity contribution in [3.8, 4) is 0 Å². The van der Waals surface area contributed by atoms with Crippen LogP contribution in [-0.2, 0) is 9.59 Å². The van der Waals surface area contributed by atoms with Crippen molar-refractivity contribution < 1.29 is 9.59 Å². The van der Waals surface area contributed by atoms with Gasteiger partial charge < -0.3 is 5.32 Å². The van der Waals surface area contributed by atoms with E-state index in [-0.39, 0.29) is 16.7 Å². The highest BCUT2D eigenvalue weighted by atomic mass is 16.1. The molecule has 142 valence electrons. The molecule has 3 nitrogen and oxygen atoms in total. The molecule has 0 aliphatic heterocycles. The van der Waals surface area contributed by atoms with Crippen LogP contribution < -0.4 is 5.32 Å². The molecule has 0 aromatic heterocycles. The maximum atomic E-state index is 12.3. The van der Waals surface area contributed by atoms with Crippen molar-refractivity contribution in [2.24, 2.45) is 34.5 Å². The van der Waals surface area contributed by atoms with Crippen LogP contribution in [0.2, 0.25) is 0 Å². The van der Waals surface area contributed by atoms with Crippen LogP contribution in [0.3, 0.4) is 0 Å². The van der Waals surface area contributed by atoms with Gasteiger partial charge in [0.1, 0.15) is 5.78 Å². The smallest absolute Gasteiger partial charge is 0.220 e. The molecule has 0 heterocycles. The second kappa shape index (κ2) is 7.25. The van der Waals surface area contributed by atoms with Crippen molar-refractivity contribution in [1.82, 2.24) is 5.32 Å². The highest BCUT2D eigenvalue weighted by Gasteiger charge is 2.55. The first-order valence-corrected chi connectivity index (χ1v) is 9.98. The Bertz CT molecular complexity index is 562. The van der Waals surface area contributed by atoms with E-state index in [9.17, 15) is 9.59 Å². The van der Waals surface area contributed by atoms with Gasteiger partial charge >= 0.3 is 0 Å². The van der Waals surface area contributed by atoms with Crippen LogP contribution in [0.4, 0.5) is 0 Å². The third-order valence-corrected chi connectivity index (χ3v) is 7.31. The third-order valence-electron chi connectivity index (χ3n) is 7.31. The molecule has 0 saturated heterocycles. The van der Waals surface area contributed by atoms with Gasteiger partial charge in [-0.2, -0.15) is 0 Å². The Morgan fingerprint density at radius 2 is 2.04 bits per heavy atom. The Hall–Kier alpha value is -1.12. The summed E-state index contributed by atoms with van der Waals surface area (Å²) in [6.45, 7) is 15.2. The first-order valence-electron chi connectivity index (χ1n) is 9.98. The molecule has 0 aromatic carbocycles. The van der Waals surface area contributed by atoms with Crippen molar-refractivity contribution in [2.45, 2.75) is 80.6 Å². The number of fused-ring (bicyclic) bond motifs is 1. The number of hydrogen-bond acceptors (Lipinski definition) is 2. The Labute approximate surface area is 154 Å². The highest BCUT2D eigenvalue weighted by molar-refractivity contribution is 5.82. The predicted molar refractivity (Wildman–Crippen MR) is 103 cm³/mol. The van der Waals surface area contributed by atoms with Gasteiger partial charge in [0.15, 0.2) is 0 Å². The minimum atomic E-state index is -0.0177. The molecule has 0 radical (unpaired) electrons. The zero-order valence-electron chi connectivity index (χ0n) is 17.2. The molecule has 5 atom stereocenters. The quantitative estimate of drug-likeness (QED) is 0.751. The van der Waals surface area contributed by atoms with Crippen molar-refractivity contribution in [3.05, 3.63) is 11.8 Å². The monoisotopic (exact) mass is 347 g/mol.